The average Bonchev–Trinajstić information content (AvgIpc) is 2.46. The molecule has 5 nitrogen and oxygen atoms in total. The van der Waals surface area contributed by atoms with Crippen molar-refractivity contribution in [3.8, 4) is 0 Å². The molecule has 108 valence electrons. The lowest BCUT2D eigenvalue weighted by Crippen LogP contribution is -2.46. The van der Waals surface area contributed by atoms with Gasteiger partial charge in [-0.3, -0.25) is 15.0 Å². The monoisotopic (exact) mass is 275 g/mol. The number of nitro benzene ring substituents is 1. The highest BCUT2D eigenvalue weighted by Crippen LogP contribution is 2.20. The van der Waals surface area contributed by atoms with Crippen molar-refractivity contribution in [3.05, 3.63) is 46.0 Å². The zero-order valence-corrected chi connectivity index (χ0v) is 12.1. The van der Waals surface area contributed by atoms with Crippen molar-refractivity contribution < 1.29 is 4.92 Å². The molecule has 0 N–H and O–H groups in total. The van der Waals surface area contributed by atoms with Crippen molar-refractivity contribution in [1.29, 1.82) is 0 Å². The number of benzene rings is 1. The van der Waals surface area contributed by atoms with Crippen LogP contribution >= 0.6 is 0 Å². The lowest BCUT2D eigenvalue weighted by atomic mass is 10.2. The molecular formula is C15H21N3O2. The van der Waals surface area contributed by atoms with E-state index in [2.05, 4.69) is 29.7 Å². The summed E-state index contributed by atoms with van der Waals surface area (Å²) in [5.74, 6) is 0. The molecule has 1 heterocycles. The fraction of sp³-hybridized carbons (Fsp3) is 0.467. The van der Waals surface area contributed by atoms with Crippen molar-refractivity contribution in [3.63, 3.8) is 0 Å². The Kier molecular flexibility index (Phi) is 4.74. The van der Waals surface area contributed by atoms with E-state index in [4.69, 9.17) is 0 Å². The second-order valence-electron chi connectivity index (χ2n) is 5.34. The number of hydrogen-bond donors (Lipinski definition) is 0. The fourth-order valence-electron chi connectivity index (χ4n) is 2.29. The van der Waals surface area contributed by atoms with E-state index in [0.29, 0.717) is 0 Å². The van der Waals surface area contributed by atoms with Crippen LogP contribution in [0.25, 0.3) is 0 Å². The summed E-state index contributed by atoms with van der Waals surface area (Å²) in [6.45, 7) is 9.24. The van der Waals surface area contributed by atoms with Gasteiger partial charge in [-0.15, -0.1) is 0 Å². The van der Waals surface area contributed by atoms with Crippen LogP contribution in [0.3, 0.4) is 0 Å². The number of non-ortho nitro benzene ring substituents is 1. The van der Waals surface area contributed by atoms with Gasteiger partial charge in [0, 0.05) is 50.5 Å². The zero-order chi connectivity index (χ0) is 14.5. The van der Waals surface area contributed by atoms with Gasteiger partial charge in [0.15, 0.2) is 0 Å². The maximum Gasteiger partial charge on any atom is 0.269 e. The van der Waals surface area contributed by atoms with Crippen molar-refractivity contribution in [2.24, 2.45) is 0 Å². The van der Waals surface area contributed by atoms with E-state index in [1.807, 2.05) is 12.1 Å². The van der Waals surface area contributed by atoms with Crippen LogP contribution in [0.2, 0.25) is 0 Å². The highest BCUT2D eigenvalue weighted by Gasteiger charge is 2.16. The van der Waals surface area contributed by atoms with Crippen LogP contribution in [0, 0.1) is 10.1 Å². The Morgan fingerprint density at radius 1 is 1.20 bits per heavy atom. The van der Waals surface area contributed by atoms with Crippen LogP contribution in [-0.4, -0.2) is 42.5 Å². The largest absolute Gasteiger partial charge is 0.369 e. The topological polar surface area (TPSA) is 49.6 Å². The Morgan fingerprint density at radius 3 is 2.30 bits per heavy atom. The Hall–Kier alpha value is -1.88. The molecule has 1 saturated heterocycles. The molecule has 0 radical (unpaired) electrons. The molecule has 1 aliphatic rings. The van der Waals surface area contributed by atoms with Crippen LogP contribution in [0.5, 0.6) is 0 Å². The summed E-state index contributed by atoms with van der Waals surface area (Å²) in [5, 5.41) is 10.6. The number of hydrogen-bond acceptors (Lipinski definition) is 4. The highest BCUT2D eigenvalue weighted by atomic mass is 16.6. The van der Waals surface area contributed by atoms with Gasteiger partial charge >= 0.3 is 0 Å². The van der Waals surface area contributed by atoms with E-state index in [1.54, 1.807) is 12.1 Å². The minimum Gasteiger partial charge on any atom is -0.369 e. The number of anilines is 1. The first kappa shape index (κ1) is 14.5. The smallest absolute Gasteiger partial charge is 0.269 e. The molecule has 0 aliphatic carbocycles. The molecule has 20 heavy (non-hydrogen) atoms. The Balaban J connectivity index is 1.90. The molecule has 0 aromatic heterocycles. The molecule has 1 fully saturated rings. The van der Waals surface area contributed by atoms with Gasteiger partial charge in [0.2, 0.25) is 0 Å². The van der Waals surface area contributed by atoms with Gasteiger partial charge in [-0.1, -0.05) is 11.6 Å². The van der Waals surface area contributed by atoms with E-state index in [-0.39, 0.29) is 10.6 Å². The number of allylic oxidation sites excluding steroid dienone is 1. The molecule has 1 aromatic rings. The number of rotatable bonds is 4. The number of nitro groups is 1. The van der Waals surface area contributed by atoms with Gasteiger partial charge in [-0.05, 0) is 26.0 Å². The van der Waals surface area contributed by atoms with Gasteiger partial charge in [0.05, 0.1) is 4.92 Å². The highest BCUT2D eigenvalue weighted by molar-refractivity contribution is 5.51. The summed E-state index contributed by atoms with van der Waals surface area (Å²) in [6.07, 6.45) is 2.25. The third-order valence-electron chi connectivity index (χ3n) is 3.56. The third-order valence-corrected chi connectivity index (χ3v) is 3.56. The van der Waals surface area contributed by atoms with Crippen molar-refractivity contribution >= 4 is 11.4 Å². The summed E-state index contributed by atoms with van der Waals surface area (Å²) in [4.78, 5) is 15.0. The SMILES string of the molecule is CC(C)=CCN1CCN(c2ccc([N+](=O)[O-])cc2)CC1. The normalized spacial score (nSPS) is 16.0. The van der Waals surface area contributed by atoms with Gasteiger partial charge in [-0.25, -0.2) is 0 Å². The first-order valence-corrected chi connectivity index (χ1v) is 6.91. The maximum atomic E-state index is 10.6. The summed E-state index contributed by atoms with van der Waals surface area (Å²) in [5.41, 5.74) is 2.57. The second kappa shape index (κ2) is 6.52. The molecule has 0 amide bonds. The van der Waals surface area contributed by atoms with Gasteiger partial charge in [-0.2, -0.15) is 0 Å². The van der Waals surface area contributed by atoms with E-state index in [1.165, 1.54) is 5.57 Å². The molecule has 0 unspecified atom stereocenters. The van der Waals surface area contributed by atoms with Crippen molar-refractivity contribution in [2.45, 2.75) is 13.8 Å². The molecule has 0 spiro atoms. The van der Waals surface area contributed by atoms with Crippen LogP contribution in [0.1, 0.15) is 13.8 Å². The zero-order valence-electron chi connectivity index (χ0n) is 12.1. The Morgan fingerprint density at radius 2 is 1.80 bits per heavy atom. The summed E-state index contributed by atoms with van der Waals surface area (Å²) in [7, 11) is 0. The Labute approximate surface area is 119 Å². The Bertz CT molecular complexity index is 484. The maximum absolute atomic E-state index is 10.6. The quantitative estimate of drug-likeness (QED) is 0.481. The number of piperazine rings is 1. The minimum absolute atomic E-state index is 0.149. The molecule has 1 aromatic carbocycles. The van der Waals surface area contributed by atoms with Gasteiger partial charge in [0.25, 0.3) is 5.69 Å². The van der Waals surface area contributed by atoms with Crippen molar-refractivity contribution in [2.75, 3.05) is 37.6 Å². The molecule has 2 rings (SSSR count). The molecule has 5 heteroatoms. The summed E-state index contributed by atoms with van der Waals surface area (Å²) >= 11 is 0. The van der Waals surface area contributed by atoms with Crippen molar-refractivity contribution in [1.82, 2.24) is 4.90 Å². The predicted molar refractivity (Wildman–Crippen MR) is 81.2 cm³/mol. The molecule has 0 saturated carbocycles. The molecule has 0 bridgehead atoms. The van der Waals surface area contributed by atoms with Gasteiger partial charge < -0.3 is 4.90 Å². The van der Waals surface area contributed by atoms with Crippen LogP contribution < -0.4 is 4.90 Å². The minimum atomic E-state index is -0.360. The molecule has 1 aliphatic heterocycles. The van der Waals surface area contributed by atoms with Crippen LogP contribution in [0.4, 0.5) is 11.4 Å². The van der Waals surface area contributed by atoms with Crippen LogP contribution in [-0.2, 0) is 0 Å². The van der Waals surface area contributed by atoms with E-state index < -0.39 is 0 Å². The van der Waals surface area contributed by atoms with E-state index >= 15 is 0 Å². The molecule has 0 atom stereocenters. The first-order chi connectivity index (χ1) is 9.56. The number of nitrogens with zero attached hydrogens (tertiary/aromatic N) is 3. The average molecular weight is 275 g/mol. The standard InChI is InChI=1S/C15H21N3O2/c1-13(2)7-8-16-9-11-17(12-10-16)14-3-5-15(6-4-14)18(19)20/h3-7H,8-12H2,1-2H3. The fourth-order valence-corrected chi connectivity index (χ4v) is 2.29. The molecular weight excluding hydrogens is 254 g/mol. The lowest BCUT2D eigenvalue weighted by molar-refractivity contribution is -0.384. The summed E-state index contributed by atoms with van der Waals surface area (Å²) < 4.78 is 0. The lowest BCUT2D eigenvalue weighted by Gasteiger charge is -2.35. The van der Waals surface area contributed by atoms with E-state index in [9.17, 15) is 10.1 Å². The first-order valence-electron chi connectivity index (χ1n) is 6.91. The van der Waals surface area contributed by atoms with Gasteiger partial charge in [0.1, 0.15) is 0 Å². The third kappa shape index (κ3) is 3.81. The second-order valence-corrected chi connectivity index (χ2v) is 5.34. The van der Waals surface area contributed by atoms with E-state index in [0.717, 1.165) is 38.4 Å². The summed E-state index contributed by atoms with van der Waals surface area (Å²) in [6, 6.07) is 6.82. The van der Waals surface area contributed by atoms with Crippen LogP contribution in [0.15, 0.2) is 35.9 Å². The predicted octanol–water partition coefficient (Wildman–Crippen LogP) is 2.68.